The molecule has 9 heteroatoms. The Bertz CT molecular complexity index is 890. The molecule has 0 amide bonds. The van der Waals surface area contributed by atoms with Crippen LogP contribution in [0.5, 0.6) is 0 Å². The van der Waals surface area contributed by atoms with Gasteiger partial charge in [0.05, 0.1) is 18.7 Å². The summed E-state index contributed by atoms with van der Waals surface area (Å²) in [5.41, 5.74) is 1.00. The molecule has 0 radical (unpaired) electrons. The molecule has 4 heterocycles. The van der Waals surface area contributed by atoms with Crippen molar-refractivity contribution in [3.05, 3.63) is 36.3 Å². The van der Waals surface area contributed by atoms with Crippen molar-refractivity contribution in [2.24, 2.45) is 0 Å². The first-order chi connectivity index (χ1) is 11.7. The van der Waals surface area contributed by atoms with E-state index in [0.717, 1.165) is 0 Å². The lowest BCUT2D eigenvalue weighted by Gasteiger charge is -2.28. The molecule has 0 aliphatic carbocycles. The van der Waals surface area contributed by atoms with Crippen molar-refractivity contribution in [3.8, 4) is 5.95 Å². The fourth-order valence-corrected chi connectivity index (χ4v) is 2.59. The van der Waals surface area contributed by atoms with Crippen molar-refractivity contribution in [1.29, 1.82) is 0 Å². The maximum absolute atomic E-state index is 11.2. The Morgan fingerprint density at radius 1 is 1.17 bits per heavy atom. The van der Waals surface area contributed by atoms with Crippen LogP contribution in [-0.2, 0) is 4.74 Å². The first-order valence-corrected chi connectivity index (χ1v) is 7.47. The number of carbonyl (C=O) groups is 1. The second kappa shape index (κ2) is 5.85. The van der Waals surface area contributed by atoms with Gasteiger partial charge in [0, 0.05) is 25.5 Å². The highest BCUT2D eigenvalue weighted by molar-refractivity contribution is 5.92. The number of nitrogens with zero attached hydrogens (tertiary/aromatic N) is 6. The molecule has 3 aromatic rings. The van der Waals surface area contributed by atoms with E-state index in [1.165, 1.54) is 6.07 Å². The maximum Gasteiger partial charge on any atom is 0.354 e. The van der Waals surface area contributed by atoms with E-state index in [9.17, 15) is 9.90 Å². The summed E-state index contributed by atoms with van der Waals surface area (Å²) < 4.78 is 6.94. The Labute approximate surface area is 136 Å². The molecule has 1 fully saturated rings. The highest BCUT2D eigenvalue weighted by atomic mass is 16.5. The van der Waals surface area contributed by atoms with Gasteiger partial charge in [0.15, 0.2) is 5.82 Å². The number of rotatable bonds is 3. The summed E-state index contributed by atoms with van der Waals surface area (Å²) in [7, 11) is 0. The van der Waals surface area contributed by atoms with Gasteiger partial charge in [-0.05, 0) is 18.2 Å². The lowest BCUT2D eigenvalue weighted by Crippen LogP contribution is -2.37. The quantitative estimate of drug-likeness (QED) is 0.751. The number of morpholine rings is 1. The summed E-state index contributed by atoms with van der Waals surface area (Å²) >= 11 is 0. The number of anilines is 1. The van der Waals surface area contributed by atoms with Crippen LogP contribution in [0.4, 0.5) is 5.82 Å². The number of aromatic nitrogens is 5. The van der Waals surface area contributed by atoms with E-state index in [1.54, 1.807) is 29.2 Å². The number of fused-ring (bicyclic) bond motifs is 1. The van der Waals surface area contributed by atoms with Crippen LogP contribution in [0.3, 0.4) is 0 Å². The van der Waals surface area contributed by atoms with Gasteiger partial charge in [-0.2, -0.15) is 10.1 Å². The number of hydrogen-bond acceptors (Lipinski definition) is 7. The number of carboxylic acids is 1. The smallest absolute Gasteiger partial charge is 0.354 e. The predicted molar refractivity (Wildman–Crippen MR) is 84.4 cm³/mol. The molecule has 0 atom stereocenters. The zero-order valence-corrected chi connectivity index (χ0v) is 12.7. The maximum atomic E-state index is 11.2. The first kappa shape index (κ1) is 14.5. The Balaban J connectivity index is 1.92. The zero-order chi connectivity index (χ0) is 16.5. The molecule has 0 unspecified atom stereocenters. The minimum atomic E-state index is -1.08. The third-order valence-electron chi connectivity index (χ3n) is 3.75. The Morgan fingerprint density at radius 2 is 2.00 bits per heavy atom. The normalized spacial score (nSPS) is 14.9. The second-order valence-electron chi connectivity index (χ2n) is 5.27. The fraction of sp³-hybridized carbons (Fsp3) is 0.267. The van der Waals surface area contributed by atoms with Crippen LogP contribution in [0.25, 0.3) is 17.0 Å². The highest BCUT2D eigenvalue weighted by Gasteiger charge is 2.20. The largest absolute Gasteiger partial charge is 0.477 e. The van der Waals surface area contributed by atoms with Crippen LogP contribution in [0.15, 0.2) is 30.6 Å². The molecule has 0 bridgehead atoms. The molecule has 0 spiro atoms. The van der Waals surface area contributed by atoms with Crippen molar-refractivity contribution in [2.45, 2.75) is 0 Å². The third kappa shape index (κ3) is 2.54. The molecule has 1 aliphatic heterocycles. The second-order valence-corrected chi connectivity index (χ2v) is 5.27. The minimum Gasteiger partial charge on any atom is -0.477 e. The Kier molecular flexibility index (Phi) is 3.54. The molecule has 24 heavy (non-hydrogen) atoms. The van der Waals surface area contributed by atoms with Crippen LogP contribution in [0, 0.1) is 0 Å². The van der Waals surface area contributed by atoms with E-state index in [-0.39, 0.29) is 5.69 Å². The number of hydrogen-bond donors (Lipinski definition) is 1. The Morgan fingerprint density at radius 3 is 2.71 bits per heavy atom. The predicted octanol–water partition coefficient (Wildman–Crippen LogP) is 0.745. The van der Waals surface area contributed by atoms with Crippen molar-refractivity contribution in [3.63, 3.8) is 0 Å². The molecule has 1 aliphatic rings. The molecule has 1 saturated heterocycles. The van der Waals surface area contributed by atoms with Crippen LogP contribution in [0.2, 0.25) is 0 Å². The van der Waals surface area contributed by atoms with Crippen LogP contribution < -0.4 is 4.90 Å². The summed E-state index contributed by atoms with van der Waals surface area (Å²) in [4.78, 5) is 26.5. The summed E-state index contributed by atoms with van der Waals surface area (Å²) in [5, 5.41) is 13.4. The van der Waals surface area contributed by atoms with Crippen LogP contribution in [0.1, 0.15) is 10.5 Å². The van der Waals surface area contributed by atoms with Gasteiger partial charge in [0.25, 0.3) is 5.95 Å². The number of aromatic carboxylic acids is 1. The number of ether oxygens (including phenoxy) is 1. The summed E-state index contributed by atoms with van der Waals surface area (Å²) in [6.07, 6.45) is 3.40. The third-order valence-corrected chi connectivity index (χ3v) is 3.75. The van der Waals surface area contributed by atoms with Gasteiger partial charge >= 0.3 is 5.97 Å². The SMILES string of the molecule is O=C(O)c1ccc2nc(-n3cccn3)nc(N3CCOCC3)c2n1. The average Bonchev–Trinajstić information content (AvgIpc) is 3.15. The fourth-order valence-electron chi connectivity index (χ4n) is 2.59. The van der Waals surface area contributed by atoms with E-state index in [0.29, 0.717) is 49.1 Å². The minimum absolute atomic E-state index is 0.0348. The number of carboxylic acid groups (broad SMARTS) is 1. The van der Waals surface area contributed by atoms with E-state index >= 15 is 0 Å². The van der Waals surface area contributed by atoms with Gasteiger partial charge in [-0.15, -0.1) is 0 Å². The van der Waals surface area contributed by atoms with E-state index in [2.05, 4.69) is 20.1 Å². The van der Waals surface area contributed by atoms with Gasteiger partial charge in [0.1, 0.15) is 11.2 Å². The molecular formula is C15H14N6O3. The van der Waals surface area contributed by atoms with Crippen molar-refractivity contribution in [1.82, 2.24) is 24.7 Å². The van der Waals surface area contributed by atoms with E-state index in [4.69, 9.17) is 4.74 Å². The van der Waals surface area contributed by atoms with Gasteiger partial charge < -0.3 is 14.7 Å². The van der Waals surface area contributed by atoms with Crippen molar-refractivity contribution in [2.75, 3.05) is 31.2 Å². The summed E-state index contributed by atoms with van der Waals surface area (Å²) in [6, 6.07) is 4.87. The molecule has 3 aromatic heterocycles. The standard InChI is InChI=1S/C15H14N6O3/c22-14(23)11-3-2-10-12(17-11)13(20-6-8-24-9-7-20)19-15(18-10)21-5-1-4-16-21/h1-5H,6-9H2,(H,22,23). The highest BCUT2D eigenvalue weighted by Crippen LogP contribution is 2.24. The van der Waals surface area contributed by atoms with E-state index in [1.807, 2.05) is 4.90 Å². The molecule has 1 N–H and O–H groups in total. The van der Waals surface area contributed by atoms with Gasteiger partial charge in [0.2, 0.25) is 0 Å². The zero-order valence-electron chi connectivity index (χ0n) is 12.7. The number of pyridine rings is 1. The topological polar surface area (TPSA) is 106 Å². The first-order valence-electron chi connectivity index (χ1n) is 7.47. The van der Waals surface area contributed by atoms with E-state index < -0.39 is 5.97 Å². The molecular weight excluding hydrogens is 312 g/mol. The summed E-state index contributed by atoms with van der Waals surface area (Å²) in [5.74, 6) is -0.0725. The molecule has 9 nitrogen and oxygen atoms in total. The van der Waals surface area contributed by atoms with Gasteiger partial charge in [-0.3, -0.25) is 0 Å². The van der Waals surface area contributed by atoms with Gasteiger partial charge in [-0.25, -0.2) is 19.4 Å². The average molecular weight is 326 g/mol. The Hall–Kier alpha value is -3.07. The lowest BCUT2D eigenvalue weighted by molar-refractivity contribution is 0.0691. The van der Waals surface area contributed by atoms with Crippen LogP contribution in [-0.4, -0.2) is 62.1 Å². The monoisotopic (exact) mass is 326 g/mol. The molecule has 122 valence electrons. The lowest BCUT2D eigenvalue weighted by atomic mass is 10.2. The van der Waals surface area contributed by atoms with Gasteiger partial charge in [-0.1, -0.05) is 0 Å². The summed E-state index contributed by atoms with van der Waals surface area (Å²) in [6.45, 7) is 2.48. The molecule has 0 aromatic carbocycles. The van der Waals surface area contributed by atoms with Crippen LogP contribution >= 0.6 is 0 Å². The van der Waals surface area contributed by atoms with Crippen molar-refractivity contribution >= 4 is 22.8 Å². The molecule has 0 saturated carbocycles. The van der Waals surface area contributed by atoms with Crippen molar-refractivity contribution < 1.29 is 14.6 Å². The molecule has 4 rings (SSSR count).